The van der Waals surface area contributed by atoms with Crippen LogP contribution in [-0.2, 0) is 18.9 Å². The summed E-state index contributed by atoms with van der Waals surface area (Å²) < 4.78 is 2.05. The van der Waals surface area contributed by atoms with Gasteiger partial charge in [-0.3, -0.25) is 14.2 Å². The summed E-state index contributed by atoms with van der Waals surface area (Å²) in [5, 5.41) is 8.28. The third-order valence-corrected chi connectivity index (χ3v) is 5.16. The van der Waals surface area contributed by atoms with E-state index in [4.69, 9.17) is 0 Å². The third kappa shape index (κ3) is 4.14. The Morgan fingerprint density at radius 1 is 1.29 bits per heavy atom. The number of nitrogens with zero attached hydrogens (tertiary/aromatic N) is 4. The van der Waals surface area contributed by atoms with Crippen LogP contribution < -0.4 is 16.7 Å². The lowest BCUT2D eigenvalue weighted by molar-refractivity contribution is -0.118. The first-order valence-corrected chi connectivity index (χ1v) is 8.93. The SMILES string of the molecule is C[C@@H]1CCC[C@H](C)C1=NNC(=O)CSc1nn(C)c(=O)n(C)c1=O. The summed E-state index contributed by atoms with van der Waals surface area (Å²) in [6.45, 7) is 4.24. The van der Waals surface area contributed by atoms with Crippen molar-refractivity contribution in [1.82, 2.24) is 19.8 Å². The van der Waals surface area contributed by atoms with Gasteiger partial charge in [0.25, 0.3) is 5.56 Å². The number of hydrogen-bond donors (Lipinski definition) is 1. The van der Waals surface area contributed by atoms with E-state index in [1.165, 1.54) is 20.5 Å². The zero-order valence-electron chi connectivity index (χ0n) is 14.4. The van der Waals surface area contributed by atoms with Crippen molar-refractivity contribution < 1.29 is 4.79 Å². The smallest absolute Gasteiger partial charge is 0.272 e. The van der Waals surface area contributed by atoms with Crippen molar-refractivity contribution in [2.24, 2.45) is 31.0 Å². The molecule has 2 rings (SSSR count). The molecule has 0 aromatic carbocycles. The van der Waals surface area contributed by atoms with Crippen LogP contribution in [0.4, 0.5) is 0 Å². The molecule has 1 heterocycles. The molecule has 0 bridgehead atoms. The van der Waals surface area contributed by atoms with Crippen LogP contribution in [-0.4, -0.2) is 31.7 Å². The fourth-order valence-electron chi connectivity index (χ4n) is 2.78. The van der Waals surface area contributed by atoms with E-state index in [1.807, 2.05) is 0 Å². The molecule has 1 aromatic heterocycles. The summed E-state index contributed by atoms with van der Waals surface area (Å²) in [7, 11) is 2.85. The summed E-state index contributed by atoms with van der Waals surface area (Å²) in [6, 6.07) is 0. The minimum Gasteiger partial charge on any atom is -0.272 e. The molecule has 1 amide bonds. The highest BCUT2D eigenvalue weighted by Crippen LogP contribution is 2.25. The standard InChI is InChI=1S/C15H23N5O3S/c1-9-6-5-7-10(2)12(9)17-16-11(21)8-24-13-14(22)19(3)15(23)20(4)18-13/h9-10H,5-8H2,1-4H3,(H,16,21)/t9-,10+. The molecular formula is C15H23N5O3S. The van der Waals surface area contributed by atoms with Crippen LogP contribution in [0.5, 0.6) is 0 Å². The molecule has 9 heteroatoms. The van der Waals surface area contributed by atoms with Crippen LogP contribution in [0, 0.1) is 11.8 Å². The fourth-order valence-corrected chi connectivity index (χ4v) is 3.56. The predicted molar refractivity (Wildman–Crippen MR) is 93.2 cm³/mol. The Labute approximate surface area is 144 Å². The highest BCUT2D eigenvalue weighted by Gasteiger charge is 2.23. The first-order chi connectivity index (χ1) is 11.3. The maximum atomic E-state index is 12.0. The average Bonchev–Trinajstić information content (AvgIpc) is 2.54. The number of nitrogens with one attached hydrogen (secondary N) is 1. The highest BCUT2D eigenvalue weighted by atomic mass is 32.2. The van der Waals surface area contributed by atoms with Gasteiger partial charge in [0.05, 0.1) is 5.75 Å². The Morgan fingerprint density at radius 2 is 1.92 bits per heavy atom. The second-order valence-corrected chi connectivity index (χ2v) is 7.13. The number of aromatic nitrogens is 3. The van der Waals surface area contributed by atoms with Gasteiger partial charge in [-0.2, -0.15) is 10.2 Å². The molecule has 0 unspecified atom stereocenters. The minimum atomic E-state index is -0.503. The van der Waals surface area contributed by atoms with Gasteiger partial charge < -0.3 is 0 Å². The zero-order valence-corrected chi connectivity index (χ0v) is 15.2. The summed E-state index contributed by atoms with van der Waals surface area (Å²) in [5.41, 5.74) is 2.59. The molecule has 1 saturated carbocycles. The maximum absolute atomic E-state index is 12.0. The van der Waals surface area contributed by atoms with Crippen LogP contribution >= 0.6 is 11.8 Å². The van der Waals surface area contributed by atoms with Crippen molar-refractivity contribution in [3.63, 3.8) is 0 Å². The van der Waals surface area contributed by atoms with Crippen molar-refractivity contribution >= 4 is 23.4 Å². The largest absolute Gasteiger partial charge is 0.346 e. The highest BCUT2D eigenvalue weighted by molar-refractivity contribution is 7.99. The number of rotatable bonds is 4. The van der Waals surface area contributed by atoms with E-state index >= 15 is 0 Å². The van der Waals surface area contributed by atoms with Crippen molar-refractivity contribution in [2.45, 2.75) is 38.1 Å². The summed E-state index contributed by atoms with van der Waals surface area (Å²) in [5.74, 6) is 0.466. The average molecular weight is 353 g/mol. The van der Waals surface area contributed by atoms with E-state index in [1.54, 1.807) is 0 Å². The Bertz CT molecular complexity index is 755. The number of amides is 1. The lowest BCUT2D eigenvalue weighted by atomic mass is 9.81. The van der Waals surface area contributed by atoms with Gasteiger partial charge in [-0.1, -0.05) is 32.0 Å². The Kier molecular flexibility index (Phi) is 5.98. The Morgan fingerprint density at radius 3 is 2.54 bits per heavy atom. The van der Waals surface area contributed by atoms with Gasteiger partial charge in [0.1, 0.15) is 0 Å². The van der Waals surface area contributed by atoms with Crippen molar-refractivity contribution in [3.05, 3.63) is 20.8 Å². The summed E-state index contributed by atoms with van der Waals surface area (Å²) in [4.78, 5) is 35.5. The number of hydrogen-bond acceptors (Lipinski definition) is 6. The maximum Gasteiger partial charge on any atom is 0.346 e. The molecule has 1 aliphatic rings. The Hall–Kier alpha value is -1.90. The van der Waals surface area contributed by atoms with Gasteiger partial charge >= 0.3 is 5.69 Å². The molecule has 8 nitrogen and oxygen atoms in total. The quantitative estimate of drug-likeness (QED) is 0.628. The third-order valence-electron chi connectivity index (χ3n) is 4.23. The van der Waals surface area contributed by atoms with E-state index < -0.39 is 11.2 Å². The monoisotopic (exact) mass is 353 g/mol. The molecule has 1 fully saturated rings. The number of carbonyl (C=O) groups is 1. The van der Waals surface area contributed by atoms with Crippen molar-refractivity contribution in [2.75, 3.05) is 5.75 Å². The van der Waals surface area contributed by atoms with E-state index in [2.05, 4.69) is 29.5 Å². The zero-order chi connectivity index (χ0) is 17.9. The Balaban J connectivity index is 1.99. The minimum absolute atomic E-state index is 0.0139. The number of thioether (sulfide) groups is 1. The number of aryl methyl sites for hydroxylation is 1. The molecule has 0 spiro atoms. The van der Waals surface area contributed by atoms with E-state index in [9.17, 15) is 14.4 Å². The lowest BCUT2D eigenvalue weighted by Crippen LogP contribution is -2.39. The second kappa shape index (κ2) is 7.78. The molecule has 1 aromatic rings. The molecule has 132 valence electrons. The van der Waals surface area contributed by atoms with Crippen LogP contribution in [0.25, 0.3) is 0 Å². The van der Waals surface area contributed by atoms with Crippen LogP contribution in [0.3, 0.4) is 0 Å². The van der Waals surface area contributed by atoms with E-state index in [0.29, 0.717) is 11.8 Å². The van der Waals surface area contributed by atoms with E-state index in [0.717, 1.165) is 39.6 Å². The molecule has 0 radical (unpaired) electrons. The van der Waals surface area contributed by atoms with Gasteiger partial charge in [0.2, 0.25) is 5.91 Å². The van der Waals surface area contributed by atoms with Crippen molar-refractivity contribution in [1.29, 1.82) is 0 Å². The fraction of sp³-hybridized carbons (Fsp3) is 0.667. The lowest BCUT2D eigenvalue weighted by Gasteiger charge is -2.26. The van der Waals surface area contributed by atoms with Gasteiger partial charge in [-0.05, 0) is 24.7 Å². The van der Waals surface area contributed by atoms with Gasteiger partial charge in [-0.15, -0.1) is 0 Å². The van der Waals surface area contributed by atoms with Crippen LogP contribution in [0.2, 0.25) is 0 Å². The normalized spacial score (nSPS) is 22.6. The number of hydrazone groups is 1. The number of carbonyl (C=O) groups excluding carboxylic acids is 1. The molecular weight excluding hydrogens is 330 g/mol. The predicted octanol–water partition coefficient (Wildman–Crippen LogP) is 0.499. The van der Waals surface area contributed by atoms with Gasteiger partial charge in [0, 0.05) is 19.8 Å². The first kappa shape index (κ1) is 18.4. The topological polar surface area (TPSA) is 98.3 Å². The van der Waals surface area contributed by atoms with Crippen LogP contribution in [0.15, 0.2) is 19.7 Å². The first-order valence-electron chi connectivity index (χ1n) is 7.94. The molecule has 1 N–H and O–H groups in total. The van der Waals surface area contributed by atoms with E-state index in [-0.39, 0.29) is 16.7 Å². The van der Waals surface area contributed by atoms with Crippen LogP contribution in [0.1, 0.15) is 33.1 Å². The molecule has 0 aliphatic heterocycles. The molecule has 1 aliphatic carbocycles. The van der Waals surface area contributed by atoms with Gasteiger partial charge in [0.15, 0.2) is 5.03 Å². The van der Waals surface area contributed by atoms with Crippen molar-refractivity contribution in [3.8, 4) is 0 Å². The molecule has 24 heavy (non-hydrogen) atoms. The molecule has 2 atom stereocenters. The summed E-state index contributed by atoms with van der Waals surface area (Å²) >= 11 is 0.995. The molecule has 0 saturated heterocycles. The second-order valence-electron chi connectivity index (χ2n) is 6.17. The summed E-state index contributed by atoms with van der Waals surface area (Å²) in [6.07, 6.45) is 3.37. The van der Waals surface area contributed by atoms with Gasteiger partial charge in [-0.25, -0.2) is 14.9 Å².